The lowest BCUT2D eigenvalue weighted by Crippen LogP contribution is -2.38. The molecule has 0 spiro atoms. The van der Waals surface area contributed by atoms with Gasteiger partial charge in [-0.2, -0.15) is 5.10 Å². The fraction of sp³-hybridized carbons (Fsp3) is 0.143. The summed E-state index contributed by atoms with van der Waals surface area (Å²) in [4.78, 5) is 46.8. The lowest BCUT2D eigenvalue weighted by molar-refractivity contribution is -0.255. The van der Waals surface area contributed by atoms with Crippen molar-refractivity contribution in [3.63, 3.8) is 0 Å². The van der Waals surface area contributed by atoms with Crippen LogP contribution in [0.5, 0.6) is 0 Å². The number of hydrogen-bond acceptors (Lipinski definition) is 8. The number of amides is 1. The Labute approximate surface area is 139 Å². The highest BCUT2D eigenvalue weighted by atomic mass is 16.4. The molecule has 2 aromatic rings. The van der Waals surface area contributed by atoms with Gasteiger partial charge in [0.25, 0.3) is 11.5 Å². The minimum absolute atomic E-state index is 0.0256. The van der Waals surface area contributed by atoms with Crippen molar-refractivity contribution in [2.45, 2.75) is 13.0 Å². The predicted molar refractivity (Wildman–Crippen MR) is 85.1 cm³/mol. The summed E-state index contributed by atoms with van der Waals surface area (Å²) < 4.78 is 0. The standard InChI is InChI=1S/C14H14N6O5/c1-7(16-10-12(22)17-14(25)20-18-10)11(21)19-15-6-8-2-4-9(5-3-8)13(23)24/h2-7H,1H3,(H,16,18)(H,19,21)(H,23,24)(H2,17,20,22,25)/p-1. The van der Waals surface area contributed by atoms with Gasteiger partial charge in [-0.25, -0.2) is 15.3 Å². The number of nitrogens with zero attached hydrogens (tertiary/aromatic N) is 2. The first-order valence-corrected chi connectivity index (χ1v) is 6.96. The molecule has 1 aromatic carbocycles. The van der Waals surface area contributed by atoms with Gasteiger partial charge < -0.3 is 15.2 Å². The number of nitrogens with one attached hydrogen (secondary N) is 4. The van der Waals surface area contributed by atoms with Gasteiger partial charge in [-0.3, -0.25) is 14.6 Å². The quantitative estimate of drug-likeness (QED) is 0.339. The van der Waals surface area contributed by atoms with Crippen LogP contribution in [0.3, 0.4) is 0 Å². The molecular weight excluding hydrogens is 332 g/mol. The number of carbonyl (C=O) groups excluding carboxylic acids is 2. The highest BCUT2D eigenvalue weighted by molar-refractivity contribution is 5.88. The second kappa shape index (κ2) is 7.68. The molecule has 1 amide bonds. The molecule has 0 aliphatic rings. The van der Waals surface area contributed by atoms with Crippen LogP contribution < -0.4 is 27.1 Å². The van der Waals surface area contributed by atoms with Crippen molar-refractivity contribution >= 4 is 23.9 Å². The smallest absolute Gasteiger partial charge is 0.342 e. The van der Waals surface area contributed by atoms with Gasteiger partial charge in [0.05, 0.1) is 12.2 Å². The molecule has 1 unspecified atom stereocenters. The van der Waals surface area contributed by atoms with E-state index in [4.69, 9.17) is 0 Å². The van der Waals surface area contributed by atoms with Crippen molar-refractivity contribution < 1.29 is 14.7 Å². The number of benzene rings is 1. The molecular formula is C14H13N6O5-. The topological polar surface area (TPSA) is 172 Å². The Kier molecular flexibility index (Phi) is 5.40. The van der Waals surface area contributed by atoms with Crippen molar-refractivity contribution in [3.8, 4) is 0 Å². The van der Waals surface area contributed by atoms with E-state index in [-0.39, 0.29) is 11.4 Å². The van der Waals surface area contributed by atoms with Crippen molar-refractivity contribution in [3.05, 3.63) is 56.2 Å². The lowest BCUT2D eigenvalue weighted by atomic mass is 10.1. The van der Waals surface area contributed by atoms with Crippen molar-refractivity contribution in [1.82, 2.24) is 20.6 Å². The molecule has 0 saturated carbocycles. The number of aromatic nitrogens is 3. The molecule has 1 atom stereocenters. The zero-order valence-electron chi connectivity index (χ0n) is 12.9. The fourth-order valence-electron chi connectivity index (χ4n) is 1.69. The van der Waals surface area contributed by atoms with Crippen LogP contribution in [-0.4, -0.2) is 39.3 Å². The van der Waals surface area contributed by atoms with Crippen molar-refractivity contribution in [2.75, 3.05) is 5.32 Å². The van der Waals surface area contributed by atoms with Crippen molar-refractivity contribution in [1.29, 1.82) is 0 Å². The molecule has 0 aliphatic carbocycles. The van der Waals surface area contributed by atoms with Gasteiger partial charge in [0.1, 0.15) is 6.04 Å². The number of aromatic carboxylic acids is 1. The zero-order chi connectivity index (χ0) is 18.4. The molecule has 1 aromatic heterocycles. The minimum Gasteiger partial charge on any atom is -0.545 e. The molecule has 0 saturated heterocycles. The number of anilines is 1. The lowest BCUT2D eigenvalue weighted by Gasteiger charge is -2.11. The Morgan fingerprint density at radius 2 is 1.96 bits per heavy atom. The molecule has 130 valence electrons. The van der Waals surface area contributed by atoms with Gasteiger partial charge in [-0.1, -0.05) is 24.3 Å². The van der Waals surface area contributed by atoms with Gasteiger partial charge in [0.15, 0.2) is 0 Å². The Balaban J connectivity index is 1.93. The van der Waals surface area contributed by atoms with Crippen molar-refractivity contribution in [2.24, 2.45) is 5.10 Å². The van der Waals surface area contributed by atoms with E-state index in [0.717, 1.165) is 0 Å². The largest absolute Gasteiger partial charge is 0.545 e. The summed E-state index contributed by atoms with van der Waals surface area (Å²) in [5.74, 6) is -2.07. The average Bonchev–Trinajstić information content (AvgIpc) is 2.57. The van der Waals surface area contributed by atoms with E-state index < -0.39 is 29.2 Å². The number of hydrazone groups is 1. The molecule has 25 heavy (non-hydrogen) atoms. The second-order valence-electron chi connectivity index (χ2n) is 4.87. The Morgan fingerprint density at radius 3 is 2.56 bits per heavy atom. The maximum absolute atomic E-state index is 11.9. The van der Waals surface area contributed by atoms with Gasteiger partial charge in [-0.15, -0.1) is 5.10 Å². The van der Waals surface area contributed by atoms with Gasteiger partial charge in [-0.05, 0) is 18.1 Å². The summed E-state index contributed by atoms with van der Waals surface area (Å²) in [5, 5.41) is 22.4. The average molecular weight is 345 g/mol. The van der Waals surface area contributed by atoms with Crippen LogP contribution >= 0.6 is 0 Å². The molecule has 0 aliphatic heterocycles. The minimum atomic E-state index is -1.29. The van der Waals surface area contributed by atoms with Crippen LogP contribution in [0.15, 0.2) is 39.0 Å². The SMILES string of the molecule is CC(Nc1n[nH]c(=O)[nH]c1=O)C(=O)NN=Cc1ccc(C(=O)[O-])cc1. The summed E-state index contributed by atoms with van der Waals surface area (Å²) in [6, 6.07) is 4.81. The van der Waals surface area contributed by atoms with Crippen LogP contribution in [0.2, 0.25) is 0 Å². The van der Waals surface area contributed by atoms with Crippen LogP contribution in [0.1, 0.15) is 22.8 Å². The maximum atomic E-state index is 11.9. The molecule has 0 bridgehead atoms. The van der Waals surface area contributed by atoms with Crippen LogP contribution in [-0.2, 0) is 4.79 Å². The van der Waals surface area contributed by atoms with Crippen LogP contribution in [0.25, 0.3) is 0 Å². The van der Waals surface area contributed by atoms with E-state index in [9.17, 15) is 24.3 Å². The molecule has 1 heterocycles. The van der Waals surface area contributed by atoms with Gasteiger partial charge >= 0.3 is 5.69 Å². The van der Waals surface area contributed by atoms with Gasteiger partial charge in [0.2, 0.25) is 5.82 Å². The molecule has 11 nitrogen and oxygen atoms in total. The third-order valence-electron chi connectivity index (χ3n) is 2.99. The highest BCUT2D eigenvalue weighted by Crippen LogP contribution is 2.01. The first-order valence-electron chi connectivity index (χ1n) is 6.96. The molecule has 2 rings (SSSR count). The van der Waals surface area contributed by atoms with E-state index in [0.29, 0.717) is 5.56 Å². The number of carboxylic acid groups (broad SMARTS) is 1. The van der Waals surface area contributed by atoms with Crippen LogP contribution in [0.4, 0.5) is 5.82 Å². The molecule has 4 N–H and O–H groups in total. The Hall–Kier alpha value is -3.76. The first-order chi connectivity index (χ1) is 11.9. The zero-order valence-corrected chi connectivity index (χ0v) is 12.9. The molecule has 11 heteroatoms. The van der Waals surface area contributed by atoms with Gasteiger partial charge in [0, 0.05) is 0 Å². The summed E-state index contributed by atoms with van der Waals surface area (Å²) in [6.07, 6.45) is 1.31. The number of rotatable bonds is 6. The van der Waals surface area contributed by atoms with E-state index in [1.165, 1.54) is 37.4 Å². The van der Waals surface area contributed by atoms with Crippen LogP contribution in [0, 0.1) is 0 Å². The van der Waals surface area contributed by atoms with E-state index in [2.05, 4.69) is 20.9 Å². The maximum Gasteiger partial charge on any atom is 0.342 e. The third-order valence-corrected chi connectivity index (χ3v) is 2.99. The highest BCUT2D eigenvalue weighted by Gasteiger charge is 2.14. The predicted octanol–water partition coefficient (Wildman–Crippen LogP) is -2.23. The monoisotopic (exact) mass is 345 g/mol. The number of aromatic amines is 2. The fourth-order valence-corrected chi connectivity index (χ4v) is 1.69. The first kappa shape index (κ1) is 17.6. The Morgan fingerprint density at radius 1 is 1.28 bits per heavy atom. The van der Waals surface area contributed by atoms with E-state index >= 15 is 0 Å². The number of hydrogen-bond donors (Lipinski definition) is 4. The summed E-state index contributed by atoms with van der Waals surface area (Å²) in [7, 11) is 0. The number of carboxylic acids is 1. The summed E-state index contributed by atoms with van der Waals surface area (Å²) >= 11 is 0. The normalized spacial score (nSPS) is 11.9. The Bertz CT molecular complexity index is 914. The third kappa shape index (κ3) is 4.86. The molecule has 0 radical (unpaired) electrons. The number of carbonyl (C=O) groups is 2. The summed E-state index contributed by atoms with van der Waals surface area (Å²) in [6.45, 7) is 1.46. The second-order valence-corrected chi connectivity index (χ2v) is 4.87. The number of H-pyrrole nitrogens is 2. The van der Waals surface area contributed by atoms with E-state index in [1.807, 2.05) is 10.1 Å². The molecule has 0 fully saturated rings. The summed E-state index contributed by atoms with van der Waals surface area (Å²) in [5.41, 5.74) is 1.31. The van der Waals surface area contributed by atoms with E-state index in [1.54, 1.807) is 0 Å².